The molecule has 2 aromatic rings. The van der Waals surface area contributed by atoms with Gasteiger partial charge in [-0.2, -0.15) is 13.2 Å². The molecule has 142 valence electrons. The molecule has 2 rings (SSSR count). The van der Waals surface area contributed by atoms with Gasteiger partial charge >= 0.3 is 12.1 Å². The number of carbonyl (C=O) groups is 2. The monoisotopic (exact) mass is 382 g/mol. The number of carbonyl (C=O) groups excluding carboxylic acids is 2. The van der Waals surface area contributed by atoms with E-state index in [0.717, 1.165) is 36.4 Å². The molecule has 0 saturated heterocycles. The Hall–Kier alpha value is -3.16. The number of rotatable bonds is 6. The highest BCUT2D eigenvalue weighted by molar-refractivity contribution is 6.01. The lowest BCUT2D eigenvalue weighted by atomic mass is 10.1. The second kappa shape index (κ2) is 8.48. The average Bonchev–Trinajstić information content (AvgIpc) is 2.64. The third kappa shape index (κ3) is 5.67. The number of hydrogen-bond acceptors (Lipinski definition) is 4. The number of ether oxygens (including phenoxy) is 2. The molecule has 0 heterocycles. The molecule has 0 spiro atoms. The van der Waals surface area contributed by atoms with E-state index in [-0.39, 0.29) is 16.9 Å². The molecule has 0 amide bonds. The summed E-state index contributed by atoms with van der Waals surface area (Å²) >= 11 is 0. The van der Waals surface area contributed by atoms with E-state index >= 15 is 0 Å². The maximum atomic E-state index is 13.3. The van der Waals surface area contributed by atoms with E-state index < -0.39 is 35.9 Å². The van der Waals surface area contributed by atoms with Gasteiger partial charge in [0.25, 0.3) is 0 Å². The van der Waals surface area contributed by atoms with Crippen LogP contribution in [0.2, 0.25) is 0 Å². The number of Topliss-reactive ketones (excluding diaryl/α,β-unsaturated/α-hetero) is 1. The average molecular weight is 382 g/mol. The fourth-order valence-corrected chi connectivity index (χ4v) is 2.14. The van der Waals surface area contributed by atoms with E-state index in [0.29, 0.717) is 0 Å². The van der Waals surface area contributed by atoms with Crippen LogP contribution in [0.15, 0.2) is 48.5 Å². The molecule has 0 unspecified atom stereocenters. The number of alkyl halides is 3. The first kappa shape index (κ1) is 20.2. The molecule has 0 atom stereocenters. The van der Waals surface area contributed by atoms with Crippen LogP contribution >= 0.6 is 0 Å². The number of methoxy groups -OCH3 is 1. The Bertz CT molecular complexity index is 872. The summed E-state index contributed by atoms with van der Waals surface area (Å²) in [7, 11) is 1.30. The lowest BCUT2D eigenvalue weighted by molar-refractivity contribution is -0.138. The van der Waals surface area contributed by atoms with Crippen LogP contribution in [0.25, 0.3) is 6.08 Å². The molecule has 0 radical (unpaired) electrons. The second-order valence-corrected chi connectivity index (χ2v) is 5.33. The van der Waals surface area contributed by atoms with Crippen molar-refractivity contribution in [1.82, 2.24) is 0 Å². The Kier molecular flexibility index (Phi) is 6.33. The van der Waals surface area contributed by atoms with Gasteiger partial charge < -0.3 is 9.47 Å². The van der Waals surface area contributed by atoms with Crippen molar-refractivity contribution in [3.63, 3.8) is 0 Å². The Morgan fingerprint density at radius 2 is 1.85 bits per heavy atom. The lowest BCUT2D eigenvalue weighted by Crippen LogP contribution is -2.13. The molecule has 0 aliphatic carbocycles. The molecule has 0 aromatic heterocycles. The Labute approximate surface area is 152 Å². The van der Waals surface area contributed by atoms with Gasteiger partial charge in [0.05, 0.1) is 18.2 Å². The minimum Gasteiger partial charge on any atom is -0.496 e. The van der Waals surface area contributed by atoms with Gasteiger partial charge in [0.2, 0.25) is 5.78 Å². The first-order valence-corrected chi connectivity index (χ1v) is 7.59. The summed E-state index contributed by atoms with van der Waals surface area (Å²) in [5.41, 5.74) is -0.807. The van der Waals surface area contributed by atoms with Crippen LogP contribution in [-0.2, 0) is 15.7 Å². The highest BCUT2D eigenvalue weighted by Gasteiger charge is 2.30. The zero-order valence-electron chi connectivity index (χ0n) is 14.0. The summed E-state index contributed by atoms with van der Waals surface area (Å²) in [5, 5.41) is 0. The Morgan fingerprint density at radius 1 is 1.11 bits per heavy atom. The van der Waals surface area contributed by atoms with Gasteiger partial charge in [-0.3, -0.25) is 4.79 Å². The van der Waals surface area contributed by atoms with Crippen molar-refractivity contribution < 1.29 is 36.6 Å². The van der Waals surface area contributed by atoms with Crippen LogP contribution in [0.1, 0.15) is 21.5 Å². The summed E-state index contributed by atoms with van der Waals surface area (Å²) in [6, 6.07) is 7.67. The van der Waals surface area contributed by atoms with Gasteiger partial charge in [0.1, 0.15) is 11.6 Å². The van der Waals surface area contributed by atoms with Crippen LogP contribution in [0.4, 0.5) is 17.6 Å². The summed E-state index contributed by atoms with van der Waals surface area (Å²) in [6.07, 6.45) is -2.48. The van der Waals surface area contributed by atoms with Crippen LogP contribution < -0.4 is 4.74 Å². The molecule has 0 saturated carbocycles. The van der Waals surface area contributed by atoms with E-state index in [1.54, 1.807) is 0 Å². The third-order valence-corrected chi connectivity index (χ3v) is 3.43. The van der Waals surface area contributed by atoms with E-state index in [1.165, 1.54) is 25.3 Å². The molecule has 2 aromatic carbocycles. The zero-order valence-corrected chi connectivity index (χ0v) is 14.0. The molecule has 0 N–H and O–H groups in total. The zero-order chi connectivity index (χ0) is 20.0. The number of halogens is 4. The molecule has 0 aliphatic heterocycles. The molecule has 0 aliphatic rings. The standard InChI is InChI=1S/C19H14F4O4/c1-26-17-7-6-14(20)10-15(17)16(24)11-27-18(25)8-5-12-3-2-4-13(9-12)19(21,22)23/h2-10H,11H2,1H3/b8-5+. The largest absolute Gasteiger partial charge is 0.496 e. The quantitative estimate of drug-likeness (QED) is 0.324. The Balaban J connectivity index is 1.99. The van der Waals surface area contributed by atoms with Crippen molar-refractivity contribution in [3.05, 3.63) is 71.0 Å². The highest BCUT2D eigenvalue weighted by Crippen LogP contribution is 2.29. The maximum Gasteiger partial charge on any atom is 0.416 e. The maximum absolute atomic E-state index is 13.3. The number of esters is 1. The van der Waals surface area contributed by atoms with E-state index in [2.05, 4.69) is 0 Å². The topological polar surface area (TPSA) is 52.6 Å². The Morgan fingerprint density at radius 3 is 2.52 bits per heavy atom. The molecular weight excluding hydrogens is 368 g/mol. The molecule has 0 fully saturated rings. The first-order chi connectivity index (χ1) is 12.7. The molecular formula is C19H14F4O4. The van der Waals surface area contributed by atoms with Gasteiger partial charge in [-0.15, -0.1) is 0 Å². The predicted octanol–water partition coefficient (Wildman–Crippen LogP) is 4.29. The third-order valence-electron chi connectivity index (χ3n) is 3.43. The van der Waals surface area contributed by atoms with Crippen molar-refractivity contribution in [3.8, 4) is 5.75 Å². The van der Waals surface area contributed by atoms with Crippen molar-refractivity contribution in [1.29, 1.82) is 0 Å². The van der Waals surface area contributed by atoms with Gasteiger partial charge in [-0.1, -0.05) is 12.1 Å². The van der Waals surface area contributed by atoms with Crippen LogP contribution in [-0.4, -0.2) is 25.5 Å². The van der Waals surface area contributed by atoms with Gasteiger partial charge in [-0.25, -0.2) is 9.18 Å². The van der Waals surface area contributed by atoms with Gasteiger partial charge in [0.15, 0.2) is 6.61 Å². The lowest BCUT2D eigenvalue weighted by Gasteiger charge is -2.08. The first-order valence-electron chi connectivity index (χ1n) is 7.59. The van der Waals surface area contributed by atoms with Crippen molar-refractivity contribution in [2.75, 3.05) is 13.7 Å². The summed E-state index contributed by atoms with van der Waals surface area (Å²) < 4.78 is 60.9. The normalized spacial score (nSPS) is 11.4. The van der Waals surface area contributed by atoms with Crippen molar-refractivity contribution in [2.45, 2.75) is 6.18 Å². The summed E-state index contributed by atoms with van der Waals surface area (Å²) in [6.45, 7) is -0.675. The fourth-order valence-electron chi connectivity index (χ4n) is 2.14. The van der Waals surface area contributed by atoms with Crippen molar-refractivity contribution >= 4 is 17.8 Å². The molecule has 4 nitrogen and oxygen atoms in total. The van der Waals surface area contributed by atoms with Gasteiger partial charge in [0, 0.05) is 6.08 Å². The highest BCUT2D eigenvalue weighted by atomic mass is 19.4. The van der Waals surface area contributed by atoms with Crippen LogP contribution in [0.5, 0.6) is 5.75 Å². The number of ketones is 1. The number of hydrogen-bond donors (Lipinski definition) is 0. The van der Waals surface area contributed by atoms with Crippen LogP contribution in [0, 0.1) is 5.82 Å². The second-order valence-electron chi connectivity index (χ2n) is 5.33. The van der Waals surface area contributed by atoms with Crippen molar-refractivity contribution in [2.24, 2.45) is 0 Å². The molecule has 27 heavy (non-hydrogen) atoms. The SMILES string of the molecule is COc1ccc(F)cc1C(=O)COC(=O)/C=C/c1cccc(C(F)(F)F)c1. The minimum absolute atomic E-state index is 0.0906. The summed E-state index contributed by atoms with van der Waals surface area (Å²) in [4.78, 5) is 23.7. The van der Waals surface area contributed by atoms with E-state index in [4.69, 9.17) is 9.47 Å². The van der Waals surface area contributed by atoms with Gasteiger partial charge in [-0.05, 0) is 42.0 Å². The van der Waals surface area contributed by atoms with E-state index in [1.807, 2.05) is 0 Å². The van der Waals surface area contributed by atoms with Crippen LogP contribution in [0.3, 0.4) is 0 Å². The number of benzene rings is 2. The smallest absolute Gasteiger partial charge is 0.416 e. The predicted molar refractivity (Wildman–Crippen MR) is 88.7 cm³/mol. The molecule has 0 bridgehead atoms. The van der Waals surface area contributed by atoms with E-state index in [9.17, 15) is 27.2 Å². The fraction of sp³-hybridized carbons (Fsp3) is 0.158. The summed E-state index contributed by atoms with van der Waals surface area (Å²) in [5.74, 6) is -2.16. The minimum atomic E-state index is -4.50. The molecule has 8 heteroatoms.